The summed E-state index contributed by atoms with van der Waals surface area (Å²) >= 11 is 0. The van der Waals surface area contributed by atoms with E-state index in [1.54, 1.807) is 18.2 Å². The highest BCUT2D eigenvalue weighted by Gasteiger charge is 2.17. The minimum atomic E-state index is -0.768. The maximum atomic E-state index is 13.7. The Morgan fingerprint density at radius 1 is 1.05 bits per heavy atom. The summed E-state index contributed by atoms with van der Waals surface area (Å²) in [6.45, 7) is 0. The molecule has 7 heteroatoms. The SMILES string of the molecule is O=[N+]([O-])/C(=C/c1cc([N+](=O)[O-])ccc1F)c1ccccc1. The van der Waals surface area contributed by atoms with Gasteiger partial charge in [-0.3, -0.25) is 20.2 Å². The molecule has 21 heavy (non-hydrogen) atoms. The van der Waals surface area contributed by atoms with Gasteiger partial charge in [0.05, 0.1) is 15.4 Å². The van der Waals surface area contributed by atoms with Gasteiger partial charge in [-0.15, -0.1) is 0 Å². The first-order chi connectivity index (χ1) is 9.99. The third kappa shape index (κ3) is 3.27. The lowest BCUT2D eigenvalue weighted by Crippen LogP contribution is -1.98. The van der Waals surface area contributed by atoms with E-state index in [-0.39, 0.29) is 22.5 Å². The number of nitrogens with zero attached hydrogens (tertiary/aromatic N) is 2. The third-order valence-corrected chi connectivity index (χ3v) is 2.75. The molecule has 0 aliphatic heterocycles. The molecule has 2 aromatic rings. The first-order valence-corrected chi connectivity index (χ1v) is 5.84. The van der Waals surface area contributed by atoms with E-state index in [0.717, 1.165) is 24.3 Å². The minimum absolute atomic E-state index is 0.209. The van der Waals surface area contributed by atoms with Crippen LogP contribution in [-0.2, 0) is 0 Å². The molecule has 2 rings (SSSR count). The van der Waals surface area contributed by atoms with Crippen LogP contribution in [0.3, 0.4) is 0 Å². The second-order valence-corrected chi connectivity index (χ2v) is 4.12. The maximum Gasteiger partial charge on any atom is 0.277 e. The van der Waals surface area contributed by atoms with Crippen molar-refractivity contribution in [1.82, 2.24) is 0 Å². The second-order valence-electron chi connectivity index (χ2n) is 4.12. The molecule has 0 heterocycles. The highest BCUT2D eigenvalue weighted by molar-refractivity contribution is 5.77. The zero-order valence-electron chi connectivity index (χ0n) is 10.6. The molecule has 2 aromatic carbocycles. The summed E-state index contributed by atoms with van der Waals surface area (Å²) in [7, 11) is 0. The topological polar surface area (TPSA) is 86.3 Å². The van der Waals surface area contributed by atoms with Crippen molar-refractivity contribution >= 4 is 17.5 Å². The first-order valence-electron chi connectivity index (χ1n) is 5.84. The van der Waals surface area contributed by atoms with Gasteiger partial charge >= 0.3 is 0 Å². The van der Waals surface area contributed by atoms with Gasteiger partial charge in [0.1, 0.15) is 5.82 Å². The predicted molar refractivity (Wildman–Crippen MR) is 74.4 cm³/mol. The van der Waals surface area contributed by atoms with Crippen LogP contribution >= 0.6 is 0 Å². The van der Waals surface area contributed by atoms with Crippen LogP contribution < -0.4 is 0 Å². The van der Waals surface area contributed by atoms with E-state index in [1.807, 2.05) is 0 Å². The van der Waals surface area contributed by atoms with Crippen LogP contribution in [0.2, 0.25) is 0 Å². The van der Waals surface area contributed by atoms with E-state index in [4.69, 9.17) is 0 Å². The Labute approximate surface area is 118 Å². The van der Waals surface area contributed by atoms with Gasteiger partial charge in [0.2, 0.25) is 0 Å². The van der Waals surface area contributed by atoms with Crippen molar-refractivity contribution in [2.75, 3.05) is 0 Å². The zero-order chi connectivity index (χ0) is 15.4. The average Bonchev–Trinajstić information content (AvgIpc) is 2.46. The number of hydrogen-bond donors (Lipinski definition) is 0. The Morgan fingerprint density at radius 3 is 2.29 bits per heavy atom. The second kappa shape index (κ2) is 5.91. The van der Waals surface area contributed by atoms with Crippen LogP contribution in [0.1, 0.15) is 11.1 Å². The lowest BCUT2D eigenvalue weighted by Gasteiger charge is -2.01. The third-order valence-electron chi connectivity index (χ3n) is 2.75. The molecule has 0 saturated heterocycles. The molecule has 0 fully saturated rings. The van der Waals surface area contributed by atoms with Crippen molar-refractivity contribution in [2.24, 2.45) is 0 Å². The van der Waals surface area contributed by atoms with Crippen LogP contribution in [0.25, 0.3) is 11.8 Å². The molecule has 0 atom stereocenters. The van der Waals surface area contributed by atoms with Crippen molar-refractivity contribution in [2.45, 2.75) is 0 Å². The quantitative estimate of drug-likeness (QED) is 0.489. The summed E-state index contributed by atoms with van der Waals surface area (Å²) in [5.74, 6) is -0.768. The van der Waals surface area contributed by atoms with Gasteiger partial charge in [0, 0.05) is 23.8 Å². The smallest absolute Gasteiger partial charge is 0.258 e. The fourth-order valence-corrected chi connectivity index (χ4v) is 1.75. The summed E-state index contributed by atoms with van der Waals surface area (Å²) in [5, 5.41) is 21.8. The van der Waals surface area contributed by atoms with Crippen LogP contribution in [0.4, 0.5) is 10.1 Å². The van der Waals surface area contributed by atoms with Crippen molar-refractivity contribution in [3.05, 3.63) is 85.7 Å². The molecule has 0 amide bonds. The molecule has 0 aliphatic rings. The van der Waals surface area contributed by atoms with Crippen molar-refractivity contribution in [3.8, 4) is 0 Å². The highest BCUT2D eigenvalue weighted by Crippen LogP contribution is 2.23. The number of benzene rings is 2. The normalized spacial score (nSPS) is 11.2. The van der Waals surface area contributed by atoms with Crippen LogP contribution in [0.5, 0.6) is 0 Å². The van der Waals surface area contributed by atoms with Gasteiger partial charge in [-0.25, -0.2) is 4.39 Å². The standard InChI is InChI=1S/C14H9FN2O4/c15-13-7-6-12(16(18)19)8-11(13)9-14(17(20)21)10-4-2-1-3-5-10/h1-9H/b14-9+. The number of hydrogen-bond acceptors (Lipinski definition) is 4. The fraction of sp³-hybridized carbons (Fsp3) is 0. The number of nitro groups is 2. The monoisotopic (exact) mass is 288 g/mol. The lowest BCUT2D eigenvalue weighted by atomic mass is 10.1. The van der Waals surface area contributed by atoms with E-state index in [2.05, 4.69) is 0 Å². The van der Waals surface area contributed by atoms with E-state index in [9.17, 15) is 24.6 Å². The lowest BCUT2D eigenvalue weighted by molar-refractivity contribution is -0.384. The summed E-state index contributed by atoms with van der Waals surface area (Å²) in [5.41, 5.74) is -0.596. The predicted octanol–water partition coefficient (Wildman–Crippen LogP) is 3.51. The van der Waals surface area contributed by atoms with Crippen molar-refractivity contribution in [3.63, 3.8) is 0 Å². The molecule has 0 N–H and O–H groups in total. The number of rotatable bonds is 4. The van der Waals surface area contributed by atoms with Gasteiger partial charge < -0.3 is 0 Å². The molecule has 106 valence electrons. The molecule has 0 spiro atoms. The van der Waals surface area contributed by atoms with E-state index in [0.29, 0.717) is 0 Å². The number of halogens is 1. The Kier molecular flexibility index (Phi) is 4.03. The zero-order valence-corrected chi connectivity index (χ0v) is 10.6. The van der Waals surface area contributed by atoms with Crippen molar-refractivity contribution in [1.29, 1.82) is 0 Å². The Balaban J connectivity index is 2.56. The van der Waals surface area contributed by atoms with Crippen LogP contribution in [0, 0.1) is 26.0 Å². The van der Waals surface area contributed by atoms with Crippen LogP contribution in [-0.4, -0.2) is 9.85 Å². The summed E-state index contributed by atoms with van der Waals surface area (Å²) in [6.07, 6.45) is 0.984. The molecule has 0 radical (unpaired) electrons. The fourth-order valence-electron chi connectivity index (χ4n) is 1.75. The largest absolute Gasteiger partial charge is 0.277 e. The summed E-state index contributed by atoms with van der Waals surface area (Å²) < 4.78 is 13.7. The van der Waals surface area contributed by atoms with E-state index >= 15 is 0 Å². The molecule has 6 nitrogen and oxygen atoms in total. The highest BCUT2D eigenvalue weighted by atomic mass is 19.1. The first kappa shape index (κ1) is 14.3. The summed E-state index contributed by atoms with van der Waals surface area (Å²) in [4.78, 5) is 20.4. The molecule has 0 aliphatic carbocycles. The molecular formula is C14H9FN2O4. The molecule has 0 saturated carbocycles. The minimum Gasteiger partial charge on any atom is -0.258 e. The Morgan fingerprint density at radius 2 is 1.71 bits per heavy atom. The van der Waals surface area contributed by atoms with E-state index < -0.39 is 15.7 Å². The Hall–Kier alpha value is -3.09. The molecular weight excluding hydrogens is 279 g/mol. The number of non-ortho nitro benzene ring substituents is 1. The molecule has 0 aromatic heterocycles. The Bertz CT molecular complexity index is 729. The van der Waals surface area contributed by atoms with Gasteiger partial charge in [-0.05, 0) is 18.2 Å². The maximum absolute atomic E-state index is 13.7. The summed E-state index contributed by atoms with van der Waals surface area (Å²) in [6, 6.07) is 10.8. The van der Waals surface area contributed by atoms with Gasteiger partial charge in [-0.2, -0.15) is 0 Å². The van der Waals surface area contributed by atoms with Gasteiger partial charge in [0.15, 0.2) is 0 Å². The van der Waals surface area contributed by atoms with Crippen molar-refractivity contribution < 1.29 is 14.2 Å². The van der Waals surface area contributed by atoms with Crippen LogP contribution in [0.15, 0.2) is 48.5 Å². The molecule has 0 bridgehead atoms. The van der Waals surface area contributed by atoms with E-state index in [1.165, 1.54) is 12.1 Å². The van der Waals surface area contributed by atoms with Gasteiger partial charge in [-0.1, -0.05) is 18.2 Å². The number of nitro benzene ring substituents is 1. The molecule has 0 unspecified atom stereocenters. The van der Waals surface area contributed by atoms with Gasteiger partial charge in [0.25, 0.3) is 11.4 Å². The average molecular weight is 288 g/mol.